The van der Waals surface area contributed by atoms with Crippen LogP contribution in [0.2, 0.25) is 0 Å². The molecule has 17 heavy (non-hydrogen) atoms. The fourth-order valence-electron chi connectivity index (χ4n) is 2.12. The van der Waals surface area contributed by atoms with E-state index in [1.165, 1.54) is 5.56 Å². The molecular weight excluding hydrogens is 208 g/mol. The summed E-state index contributed by atoms with van der Waals surface area (Å²) in [6.07, 6.45) is 2.19. The summed E-state index contributed by atoms with van der Waals surface area (Å²) in [7, 11) is 0. The first-order valence-corrected chi connectivity index (χ1v) is 6.31. The Morgan fingerprint density at radius 3 is 2.71 bits per heavy atom. The van der Waals surface area contributed by atoms with Crippen LogP contribution in [-0.2, 0) is 6.42 Å². The van der Waals surface area contributed by atoms with E-state index in [0.29, 0.717) is 5.92 Å². The number of para-hydroxylation sites is 1. The van der Waals surface area contributed by atoms with Crippen LogP contribution in [0.15, 0.2) is 24.3 Å². The van der Waals surface area contributed by atoms with Gasteiger partial charge in [-0.3, -0.25) is 4.98 Å². The lowest BCUT2D eigenvalue weighted by Crippen LogP contribution is -1.99. The van der Waals surface area contributed by atoms with Crippen molar-refractivity contribution in [3.8, 4) is 0 Å². The summed E-state index contributed by atoms with van der Waals surface area (Å²) in [4.78, 5) is 4.77. The maximum absolute atomic E-state index is 6.12. The van der Waals surface area contributed by atoms with Crippen LogP contribution >= 0.6 is 0 Å². The van der Waals surface area contributed by atoms with Gasteiger partial charge in [-0.25, -0.2) is 0 Å². The highest BCUT2D eigenvalue weighted by atomic mass is 14.7. The molecule has 0 fully saturated rings. The second-order valence-electron chi connectivity index (χ2n) is 4.85. The third-order valence-corrected chi connectivity index (χ3v) is 3.09. The van der Waals surface area contributed by atoms with Crippen molar-refractivity contribution in [1.82, 2.24) is 4.98 Å². The topological polar surface area (TPSA) is 38.9 Å². The van der Waals surface area contributed by atoms with Crippen LogP contribution in [0, 0.1) is 0 Å². The third-order valence-electron chi connectivity index (χ3n) is 3.09. The van der Waals surface area contributed by atoms with Gasteiger partial charge in [-0.1, -0.05) is 45.4 Å². The van der Waals surface area contributed by atoms with E-state index in [1.807, 2.05) is 6.07 Å². The number of benzene rings is 1. The Bertz CT molecular complexity index is 530. The molecule has 2 heteroatoms. The Hall–Kier alpha value is -1.57. The molecule has 0 amide bonds. The third kappa shape index (κ3) is 2.26. The molecule has 0 saturated heterocycles. The number of nitrogens with two attached hydrogens (primary N) is 1. The monoisotopic (exact) mass is 228 g/mol. The zero-order chi connectivity index (χ0) is 12.4. The van der Waals surface area contributed by atoms with E-state index in [4.69, 9.17) is 10.7 Å². The number of hydrogen-bond donors (Lipinski definition) is 1. The van der Waals surface area contributed by atoms with Crippen LogP contribution in [-0.4, -0.2) is 4.98 Å². The number of nitrogens with zero attached hydrogens (tertiary/aromatic N) is 1. The van der Waals surface area contributed by atoms with Gasteiger partial charge in [0.25, 0.3) is 0 Å². The number of fused-ring (bicyclic) bond motifs is 1. The maximum Gasteiger partial charge on any atom is 0.0758 e. The Balaban J connectivity index is 2.69. The van der Waals surface area contributed by atoms with Crippen LogP contribution in [0.5, 0.6) is 0 Å². The van der Waals surface area contributed by atoms with E-state index in [1.54, 1.807) is 0 Å². The molecule has 90 valence electrons. The molecule has 0 aliphatic carbocycles. The van der Waals surface area contributed by atoms with Gasteiger partial charge in [-0.15, -0.1) is 0 Å². The average Bonchev–Trinajstić information content (AvgIpc) is 2.30. The Morgan fingerprint density at radius 1 is 1.29 bits per heavy atom. The molecule has 1 heterocycles. The summed E-state index contributed by atoms with van der Waals surface area (Å²) in [5, 5.41) is 1.08. The molecule has 0 aliphatic heterocycles. The van der Waals surface area contributed by atoms with Gasteiger partial charge in [0.2, 0.25) is 0 Å². The average molecular weight is 228 g/mol. The Labute approximate surface area is 103 Å². The minimum atomic E-state index is 0.413. The van der Waals surface area contributed by atoms with E-state index in [9.17, 15) is 0 Å². The SMILES string of the molecule is CCCc1cccc2c(N)cc(C(C)C)nc12. The van der Waals surface area contributed by atoms with Gasteiger partial charge in [-0.2, -0.15) is 0 Å². The number of hydrogen-bond acceptors (Lipinski definition) is 2. The van der Waals surface area contributed by atoms with Gasteiger partial charge in [0.15, 0.2) is 0 Å². The first-order chi connectivity index (χ1) is 8.13. The predicted octanol–water partition coefficient (Wildman–Crippen LogP) is 3.89. The molecule has 0 saturated carbocycles. The lowest BCUT2D eigenvalue weighted by molar-refractivity contribution is 0.828. The van der Waals surface area contributed by atoms with Crippen LogP contribution in [0.3, 0.4) is 0 Å². The minimum Gasteiger partial charge on any atom is -0.398 e. The molecule has 1 aromatic carbocycles. The molecular formula is C15H20N2. The lowest BCUT2D eigenvalue weighted by atomic mass is 10.0. The summed E-state index contributed by atoms with van der Waals surface area (Å²) in [5.41, 5.74) is 10.4. The summed E-state index contributed by atoms with van der Waals surface area (Å²) < 4.78 is 0. The summed E-state index contributed by atoms with van der Waals surface area (Å²) in [6.45, 7) is 6.49. The second kappa shape index (κ2) is 4.74. The number of rotatable bonds is 3. The highest BCUT2D eigenvalue weighted by Crippen LogP contribution is 2.26. The van der Waals surface area contributed by atoms with Crippen molar-refractivity contribution in [3.63, 3.8) is 0 Å². The van der Waals surface area contributed by atoms with Crippen molar-refractivity contribution in [1.29, 1.82) is 0 Å². The lowest BCUT2D eigenvalue weighted by Gasteiger charge is -2.11. The zero-order valence-corrected chi connectivity index (χ0v) is 10.8. The molecule has 0 radical (unpaired) electrons. The first-order valence-electron chi connectivity index (χ1n) is 6.31. The Morgan fingerprint density at radius 2 is 2.06 bits per heavy atom. The molecule has 2 aromatic rings. The van der Waals surface area contributed by atoms with Crippen molar-refractivity contribution >= 4 is 16.6 Å². The van der Waals surface area contributed by atoms with Crippen LogP contribution in [0.25, 0.3) is 10.9 Å². The van der Waals surface area contributed by atoms with Gasteiger partial charge in [0.1, 0.15) is 0 Å². The van der Waals surface area contributed by atoms with Gasteiger partial charge in [0, 0.05) is 16.8 Å². The molecule has 2 nitrogen and oxygen atoms in total. The first kappa shape index (κ1) is 11.9. The standard InChI is InChI=1S/C15H20N2/c1-4-6-11-7-5-8-12-13(16)9-14(10(2)3)17-15(11)12/h5,7-10H,4,6H2,1-3H3,(H2,16,17). The van der Waals surface area contributed by atoms with E-state index in [2.05, 4.69) is 39.0 Å². The Kier molecular flexibility index (Phi) is 3.32. The van der Waals surface area contributed by atoms with E-state index >= 15 is 0 Å². The molecule has 0 unspecified atom stereocenters. The highest BCUT2D eigenvalue weighted by Gasteiger charge is 2.09. The van der Waals surface area contributed by atoms with E-state index < -0.39 is 0 Å². The fraction of sp³-hybridized carbons (Fsp3) is 0.400. The zero-order valence-electron chi connectivity index (χ0n) is 10.8. The molecule has 2 N–H and O–H groups in total. The van der Waals surface area contributed by atoms with Crippen molar-refractivity contribution in [2.24, 2.45) is 0 Å². The van der Waals surface area contributed by atoms with E-state index in [-0.39, 0.29) is 0 Å². The van der Waals surface area contributed by atoms with Crippen LogP contribution in [0.4, 0.5) is 5.69 Å². The van der Waals surface area contributed by atoms with Gasteiger partial charge in [0.05, 0.1) is 5.52 Å². The normalized spacial score (nSPS) is 11.3. The number of pyridine rings is 1. The van der Waals surface area contributed by atoms with Crippen LogP contribution in [0.1, 0.15) is 44.4 Å². The van der Waals surface area contributed by atoms with Crippen molar-refractivity contribution in [2.75, 3.05) is 5.73 Å². The summed E-state index contributed by atoms with van der Waals surface area (Å²) in [5.74, 6) is 0.413. The number of nitrogen functional groups attached to an aromatic ring is 1. The van der Waals surface area contributed by atoms with Crippen molar-refractivity contribution in [3.05, 3.63) is 35.5 Å². The predicted molar refractivity (Wildman–Crippen MR) is 74.2 cm³/mol. The number of aromatic nitrogens is 1. The van der Waals surface area contributed by atoms with Crippen molar-refractivity contribution < 1.29 is 0 Å². The quantitative estimate of drug-likeness (QED) is 0.865. The van der Waals surface area contributed by atoms with E-state index in [0.717, 1.165) is 35.1 Å². The molecule has 1 aromatic heterocycles. The second-order valence-corrected chi connectivity index (χ2v) is 4.85. The maximum atomic E-state index is 6.12. The summed E-state index contributed by atoms with van der Waals surface area (Å²) >= 11 is 0. The van der Waals surface area contributed by atoms with Gasteiger partial charge in [-0.05, 0) is 24.0 Å². The molecule has 0 bridgehead atoms. The smallest absolute Gasteiger partial charge is 0.0758 e. The number of anilines is 1. The minimum absolute atomic E-state index is 0.413. The molecule has 0 spiro atoms. The summed E-state index contributed by atoms with van der Waals surface area (Å²) in [6, 6.07) is 8.28. The fourth-order valence-corrected chi connectivity index (χ4v) is 2.12. The van der Waals surface area contributed by atoms with Gasteiger partial charge >= 0.3 is 0 Å². The molecule has 0 atom stereocenters. The molecule has 0 aliphatic rings. The van der Waals surface area contributed by atoms with Gasteiger partial charge < -0.3 is 5.73 Å². The largest absolute Gasteiger partial charge is 0.398 e. The van der Waals surface area contributed by atoms with Crippen LogP contribution < -0.4 is 5.73 Å². The number of aryl methyl sites for hydroxylation is 1. The molecule has 2 rings (SSSR count). The van der Waals surface area contributed by atoms with Crippen molar-refractivity contribution in [2.45, 2.75) is 39.5 Å². The highest BCUT2D eigenvalue weighted by molar-refractivity contribution is 5.92.